The summed E-state index contributed by atoms with van der Waals surface area (Å²) in [6.07, 6.45) is 1.47. The fourth-order valence-corrected chi connectivity index (χ4v) is 3.44. The Bertz CT molecular complexity index is 1270. The van der Waals surface area contributed by atoms with Crippen LogP contribution in [0, 0.1) is 17.2 Å². The molecule has 0 saturated heterocycles. The molecule has 0 aliphatic carbocycles. The van der Waals surface area contributed by atoms with Crippen molar-refractivity contribution in [3.8, 4) is 11.8 Å². The summed E-state index contributed by atoms with van der Waals surface area (Å²) in [7, 11) is 0. The Morgan fingerprint density at radius 1 is 1.09 bits per heavy atom. The Morgan fingerprint density at radius 2 is 1.83 bits per heavy atom. The second-order valence-corrected chi connectivity index (χ2v) is 8.47. The van der Waals surface area contributed by atoms with E-state index in [1.54, 1.807) is 42.5 Å². The van der Waals surface area contributed by atoms with Gasteiger partial charge in [-0.2, -0.15) is 10.4 Å². The van der Waals surface area contributed by atoms with Crippen molar-refractivity contribution in [2.45, 2.75) is 26.5 Å². The quantitative estimate of drug-likeness (QED) is 0.336. The minimum absolute atomic E-state index is 0.177. The van der Waals surface area contributed by atoms with Crippen LogP contribution in [-0.2, 0) is 11.4 Å². The van der Waals surface area contributed by atoms with E-state index < -0.39 is 17.9 Å². The molecule has 2 amide bonds. The van der Waals surface area contributed by atoms with Crippen molar-refractivity contribution in [2.75, 3.05) is 0 Å². The zero-order chi connectivity index (χ0) is 25.2. The van der Waals surface area contributed by atoms with Crippen LogP contribution >= 0.6 is 11.6 Å². The highest BCUT2D eigenvalue weighted by atomic mass is 35.5. The minimum atomic E-state index is -0.799. The van der Waals surface area contributed by atoms with E-state index in [1.165, 1.54) is 12.3 Å². The summed E-state index contributed by atoms with van der Waals surface area (Å²) in [6.45, 7) is 3.87. The zero-order valence-electron chi connectivity index (χ0n) is 19.4. The number of carbonyl (C=O) groups is 2. The molecule has 1 unspecified atom stereocenters. The van der Waals surface area contributed by atoms with Crippen molar-refractivity contribution in [1.82, 2.24) is 10.7 Å². The van der Waals surface area contributed by atoms with Crippen molar-refractivity contribution in [3.63, 3.8) is 0 Å². The average molecular weight is 489 g/mol. The van der Waals surface area contributed by atoms with Crippen LogP contribution < -0.4 is 15.5 Å². The van der Waals surface area contributed by atoms with Crippen LogP contribution in [0.5, 0.6) is 5.75 Å². The van der Waals surface area contributed by atoms with Gasteiger partial charge >= 0.3 is 0 Å². The topological polar surface area (TPSA) is 104 Å². The van der Waals surface area contributed by atoms with Gasteiger partial charge in [-0.1, -0.05) is 61.8 Å². The van der Waals surface area contributed by atoms with Crippen molar-refractivity contribution >= 4 is 29.6 Å². The van der Waals surface area contributed by atoms with Crippen molar-refractivity contribution in [1.29, 1.82) is 5.26 Å². The number of nitriles is 1. The van der Waals surface area contributed by atoms with Gasteiger partial charge in [0.05, 0.1) is 17.8 Å². The van der Waals surface area contributed by atoms with Gasteiger partial charge in [0.1, 0.15) is 18.4 Å². The SMILES string of the molecule is CC(C)C(NC(=O)c1cccc(Cl)c1)C(=O)NN=Cc1ccccc1OCc1ccccc1C#N. The predicted molar refractivity (Wildman–Crippen MR) is 135 cm³/mol. The number of nitrogens with one attached hydrogen (secondary N) is 2. The van der Waals surface area contributed by atoms with Gasteiger partial charge in [0, 0.05) is 21.7 Å². The van der Waals surface area contributed by atoms with E-state index in [9.17, 15) is 14.9 Å². The number of hydrazone groups is 1. The highest BCUT2D eigenvalue weighted by Gasteiger charge is 2.24. The van der Waals surface area contributed by atoms with Gasteiger partial charge < -0.3 is 10.1 Å². The van der Waals surface area contributed by atoms with Gasteiger partial charge in [-0.05, 0) is 42.3 Å². The van der Waals surface area contributed by atoms with Gasteiger partial charge in [-0.3, -0.25) is 9.59 Å². The maximum atomic E-state index is 12.7. The summed E-state index contributed by atoms with van der Waals surface area (Å²) in [5, 5.41) is 16.5. The number of amides is 2. The number of hydrogen-bond donors (Lipinski definition) is 2. The lowest BCUT2D eigenvalue weighted by atomic mass is 10.0. The predicted octanol–water partition coefficient (Wildman–Crippen LogP) is 4.70. The van der Waals surface area contributed by atoms with Crippen LogP contribution in [0.3, 0.4) is 0 Å². The normalized spacial score (nSPS) is 11.6. The van der Waals surface area contributed by atoms with Gasteiger partial charge in [-0.25, -0.2) is 5.43 Å². The largest absolute Gasteiger partial charge is 0.488 e. The fourth-order valence-electron chi connectivity index (χ4n) is 3.25. The molecule has 0 radical (unpaired) electrons. The van der Waals surface area contributed by atoms with Crippen LogP contribution in [0.15, 0.2) is 77.9 Å². The average Bonchev–Trinajstić information content (AvgIpc) is 2.86. The maximum absolute atomic E-state index is 12.7. The van der Waals surface area contributed by atoms with Gasteiger partial charge in [-0.15, -0.1) is 0 Å². The number of carbonyl (C=O) groups excluding carboxylic acids is 2. The first-order valence-electron chi connectivity index (χ1n) is 11.0. The number of para-hydroxylation sites is 1. The first-order valence-corrected chi connectivity index (χ1v) is 11.4. The van der Waals surface area contributed by atoms with E-state index in [1.807, 2.05) is 38.1 Å². The molecule has 0 saturated carbocycles. The zero-order valence-corrected chi connectivity index (χ0v) is 20.1. The third-order valence-electron chi connectivity index (χ3n) is 5.14. The number of halogens is 1. The minimum Gasteiger partial charge on any atom is -0.488 e. The summed E-state index contributed by atoms with van der Waals surface area (Å²) in [5.41, 5.74) is 4.82. The molecule has 0 spiro atoms. The van der Waals surface area contributed by atoms with E-state index in [-0.39, 0.29) is 12.5 Å². The van der Waals surface area contributed by atoms with Crippen LogP contribution in [0.1, 0.15) is 40.9 Å². The number of nitrogens with zero attached hydrogens (tertiary/aromatic N) is 2. The molecule has 3 aromatic rings. The summed E-state index contributed by atoms with van der Waals surface area (Å²) >= 11 is 5.96. The second kappa shape index (κ2) is 12.4. The highest BCUT2D eigenvalue weighted by molar-refractivity contribution is 6.31. The lowest BCUT2D eigenvalue weighted by Gasteiger charge is -2.20. The Balaban J connectivity index is 1.65. The third-order valence-corrected chi connectivity index (χ3v) is 5.38. The smallest absolute Gasteiger partial charge is 0.262 e. The van der Waals surface area contributed by atoms with Crippen LogP contribution in [0.25, 0.3) is 0 Å². The molecule has 0 bridgehead atoms. The third kappa shape index (κ3) is 7.16. The summed E-state index contributed by atoms with van der Waals surface area (Å²) in [4.78, 5) is 25.3. The first-order chi connectivity index (χ1) is 16.9. The van der Waals surface area contributed by atoms with Crippen molar-refractivity contribution in [2.24, 2.45) is 11.0 Å². The Hall–Kier alpha value is -4.15. The van der Waals surface area contributed by atoms with Crippen molar-refractivity contribution < 1.29 is 14.3 Å². The van der Waals surface area contributed by atoms with Crippen molar-refractivity contribution in [3.05, 3.63) is 100 Å². The van der Waals surface area contributed by atoms with Crippen LogP contribution in [0.2, 0.25) is 5.02 Å². The summed E-state index contributed by atoms with van der Waals surface area (Å²) < 4.78 is 5.90. The monoisotopic (exact) mass is 488 g/mol. The molecule has 3 aromatic carbocycles. The summed E-state index contributed by atoms with van der Waals surface area (Å²) in [6, 6.07) is 22.3. The molecule has 0 aliphatic rings. The van der Waals surface area contributed by atoms with E-state index in [0.29, 0.717) is 27.5 Å². The van der Waals surface area contributed by atoms with E-state index >= 15 is 0 Å². The molecular weight excluding hydrogens is 464 g/mol. The Kier molecular flexibility index (Phi) is 8.99. The molecule has 35 heavy (non-hydrogen) atoms. The van der Waals surface area contributed by atoms with E-state index in [0.717, 1.165) is 5.56 Å². The summed E-state index contributed by atoms with van der Waals surface area (Å²) in [5.74, 6) is -0.480. The molecule has 0 aliphatic heterocycles. The number of benzene rings is 3. The molecule has 7 nitrogen and oxygen atoms in total. The number of hydrogen-bond acceptors (Lipinski definition) is 5. The Labute approximate surface area is 209 Å². The van der Waals surface area contributed by atoms with Gasteiger partial charge in [0.25, 0.3) is 11.8 Å². The van der Waals surface area contributed by atoms with Gasteiger partial charge in [0.2, 0.25) is 0 Å². The molecule has 8 heteroatoms. The Morgan fingerprint density at radius 3 is 2.57 bits per heavy atom. The number of ether oxygens (including phenoxy) is 1. The lowest BCUT2D eigenvalue weighted by molar-refractivity contribution is -0.123. The molecule has 1 atom stereocenters. The molecule has 0 heterocycles. The molecular formula is C27H25ClN4O3. The molecule has 0 fully saturated rings. The molecule has 178 valence electrons. The van der Waals surface area contributed by atoms with E-state index in [4.69, 9.17) is 16.3 Å². The highest BCUT2D eigenvalue weighted by Crippen LogP contribution is 2.19. The molecule has 0 aromatic heterocycles. The molecule has 3 rings (SSSR count). The van der Waals surface area contributed by atoms with Gasteiger partial charge in [0.15, 0.2) is 0 Å². The second-order valence-electron chi connectivity index (χ2n) is 8.04. The maximum Gasteiger partial charge on any atom is 0.262 e. The standard InChI is InChI=1S/C27H25ClN4O3/c1-18(2)25(31-26(33)19-11-7-12-23(28)14-19)27(34)32-30-16-21-9-5-6-13-24(21)35-17-22-10-4-3-8-20(22)15-29/h3-14,16,18,25H,17H2,1-2H3,(H,31,33)(H,32,34). The first kappa shape index (κ1) is 25.5. The fraction of sp³-hybridized carbons (Fsp3) is 0.185. The van der Waals surface area contributed by atoms with Crippen LogP contribution in [-0.4, -0.2) is 24.1 Å². The molecule has 2 N–H and O–H groups in total. The van der Waals surface area contributed by atoms with E-state index in [2.05, 4.69) is 21.9 Å². The lowest BCUT2D eigenvalue weighted by Crippen LogP contribution is -2.48. The van der Waals surface area contributed by atoms with Crippen LogP contribution in [0.4, 0.5) is 0 Å². The number of rotatable bonds is 9.